The Kier molecular flexibility index (Phi) is 5.23. The molecular formula is C14H17NO4. The van der Waals surface area contributed by atoms with Gasteiger partial charge in [-0.3, -0.25) is 14.9 Å². The maximum absolute atomic E-state index is 11.4. The maximum atomic E-state index is 11.4. The molecule has 5 heteroatoms. The molecule has 1 aromatic carbocycles. The van der Waals surface area contributed by atoms with Crippen LogP contribution in [0.1, 0.15) is 32.8 Å². The number of nitro benzene ring substituents is 1. The molecule has 0 aliphatic rings. The van der Waals surface area contributed by atoms with E-state index < -0.39 is 4.92 Å². The molecule has 102 valence electrons. The highest BCUT2D eigenvalue weighted by Gasteiger charge is 2.14. The van der Waals surface area contributed by atoms with Crippen LogP contribution in [-0.4, -0.2) is 10.7 Å². The first-order valence-corrected chi connectivity index (χ1v) is 6.03. The summed E-state index contributed by atoms with van der Waals surface area (Å²) >= 11 is 0. The van der Waals surface area contributed by atoms with Crippen LogP contribution in [-0.2, 0) is 16.1 Å². The summed E-state index contributed by atoms with van der Waals surface area (Å²) in [5, 5.41) is 10.8. The number of hydrogen-bond donors (Lipinski definition) is 0. The Morgan fingerprint density at radius 2 is 1.95 bits per heavy atom. The van der Waals surface area contributed by atoms with Crippen molar-refractivity contribution in [2.75, 3.05) is 0 Å². The fraction of sp³-hybridized carbons (Fsp3) is 0.357. The SMILES string of the molecule is CC/C(C(C)=O)=C(\C)OCc1ccccc1[N+](=O)[O-]. The highest BCUT2D eigenvalue weighted by Crippen LogP contribution is 2.20. The van der Waals surface area contributed by atoms with E-state index in [9.17, 15) is 14.9 Å². The number of hydrogen-bond acceptors (Lipinski definition) is 4. The predicted molar refractivity (Wildman–Crippen MR) is 71.6 cm³/mol. The average molecular weight is 263 g/mol. The zero-order valence-corrected chi connectivity index (χ0v) is 11.3. The molecule has 1 rings (SSSR count). The molecule has 0 bridgehead atoms. The molecule has 5 nitrogen and oxygen atoms in total. The fourth-order valence-corrected chi connectivity index (χ4v) is 1.83. The van der Waals surface area contributed by atoms with E-state index in [0.717, 1.165) is 0 Å². The van der Waals surface area contributed by atoms with Crippen molar-refractivity contribution >= 4 is 11.5 Å². The lowest BCUT2D eigenvalue weighted by molar-refractivity contribution is -0.385. The Balaban J connectivity index is 2.88. The standard InChI is InChI=1S/C14H17NO4/c1-4-13(10(2)16)11(3)19-9-12-7-5-6-8-14(12)15(17)18/h5-8H,4,9H2,1-3H3/b13-11-. The van der Waals surface area contributed by atoms with Crippen LogP contribution in [0.4, 0.5) is 5.69 Å². The van der Waals surface area contributed by atoms with Crippen LogP contribution >= 0.6 is 0 Å². The second-order valence-corrected chi connectivity index (χ2v) is 4.12. The molecule has 19 heavy (non-hydrogen) atoms. The largest absolute Gasteiger partial charge is 0.493 e. The van der Waals surface area contributed by atoms with E-state index in [1.165, 1.54) is 13.0 Å². The number of Topliss-reactive ketones (excluding diaryl/α,β-unsaturated/α-hetero) is 1. The fourth-order valence-electron chi connectivity index (χ4n) is 1.83. The van der Waals surface area contributed by atoms with Gasteiger partial charge in [-0.15, -0.1) is 0 Å². The van der Waals surface area contributed by atoms with Crippen molar-refractivity contribution in [2.45, 2.75) is 33.8 Å². The van der Waals surface area contributed by atoms with Crippen LogP contribution < -0.4 is 0 Å². The van der Waals surface area contributed by atoms with Crippen molar-refractivity contribution < 1.29 is 14.5 Å². The third-order valence-electron chi connectivity index (χ3n) is 2.84. The van der Waals surface area contributed by atoms with E-state index in [0.29, 0.717) is 23.3 Å². The lowest BCUT2D eigenvalue weighted by atomic mass is 10.1. The number of carbonyl (C=O) groups excluding carboxylic acids is 1. The summed E-state index contributed by atoms with van der Waals surface area (Å²) in [6, 6.07) is 6.40. The molecule has 0 aliphatic heterocycles. The minimum Gasteiger partial charge on any atom is -0.493 e. The lowest BCUT2D eigenvalue weighted by Crippen LogP contribution is -2.03. The number of ketones is 1. The van der Waals surface area contributed by atoms with Gasteiger partial charge in [-0.2, -0.15) is 0 Å². The van der Waals surface area contributed by atoms with Gasteiger partial charge in [0.15, 0.2) is 5.78 Å². The number of rotatable bonds is 6. The molecule has 0 aliphatic carbocycles. The highest BCUT2D eigenvalue weighted by atomic mass is 16.6. The summed E-state index contributed by atoms with van der Waals surface area (Å²) in [5.41, 5.74) is 1.13. The first kappa shape index (κ1) is 14.9. The van der Waals surface area contributed by atoms with E-state index in [1.54, 1.807) is 25.1 Å². The molecule has 0 spiro atoms. The summed E-state index contributed by atoms with van der Waals surface area (Å²) in [7, 11) is 0. The van der Waals surface area contributed by atoms with Crippen molar-refractivity contribution in [1.82, 2.24) is 0 Å². The molecule has 0 unspecified atom stereocenters. The van der Waals surface area contributed by atoms with E-state index in [4.69, 9.17) is 4.74 Å². The Hall–Kier alpha value is -2.17. The van der Waals surface area contributed by atoms with Gasteiger partial charge in [0.2, 0.25) is 0 Å². The third kappa shape index (κ3) is 3.91. The first-order chi connectivity index (χ1) is 8.97. The normalized spacial score (nSPS) is 11.7. The van der Waals surface area contributed by atoms with Gasteiger partial charge in [-0.1, -0.05) is 19.1 Å². The van der Waals surface area contributed by atoms with Crippen molar-refractivity contribution in [1.29, 1.82) is 0 Å². The van der Waals surface area contributed by atoms with E-state index in [2.05, 4.69) is 0 Å². The van der Waals surface area contributed by atoms with Crippen LogP contribution in [0.5, 0.6) is 0 Å². The van der Waals surface area contributed by atoms with Gasteiger partial charge in [0.25, 0.3) is 5.69 Å². The van der Waals surface area contributed by atoms with Crippen LogP contribution in [0.15, 0.2) is 35.6 Å². The molecule has 0 saturated heterocycles. The molecule has 0 saturated carbocycles. The number of allylic oxidation sites excluding steroid dienone is 2. The van der Waals surface area contributed by atoms with Gasteiger partial charge in [-0.05, 0) is 26.3 Å². The summed E-state index contributed by atoms with van der Waals surface area (Å²) < 4.78 is 5.49. The summed E-state index contributed by atoms with van der Waals surface area (Å²) in [4.78, 5) is 21.8. The Morgan fingerprint density at radius 1 is 1.32 bits per heavy atom. The highest BCUT2D eigenvalue weighted by molar-refractivity contribution is 5.93. The Morgan fingerprint density at radius 3 is 2.47 bits per heavy atom. The van der Waals surface area contributed by atoms with Gasteiger partial charge in [0, 0.05) is 11.6 Å². The number of ether oxygens (including phenoxy) is 1. The third-order valence-corrected chi connectivity index (χ3v) is 2.84. The summed E-state index contributed by atoms with van der Waals surface area (Å²) in [6.07, 6.45) is 0.581. The van der Waals surface area contributed by atoms with Crippen molar-refractivity contribution in [3.05, 3.63) is 51.3 Å². The Bertz CT molecular complexity index is 520. The van der Waals surface area contributed by atoms with Gasteiger partial charge in [-0.25, -0.2) is 0 Å². The van der Waals surface area contributed by atoms with Crippen molar-refractivity contribution in [3.63, 3.8) is 0 Å². The summed E-state index contributed by atoms with van der Waals surface area (Å²) in [5.74, 6) is 0.482. The molecule has 0 aromatic heterocycles. The quantitative estimate of drug-likeness (QED) is 0.341. The number of nitro groups is 1. The van der Waals surface area contributed by atoms with Crippen molar-refractivity contribution in [3.8, 4) is 0 Å². The van der Waals surface area contributed by atoms with Crippen LogP contribution in [0, 0.1) is 10.1 Å². The van der Waals surface area contributed by atoms with Crippen LogP contribution in [0.2, 0.25) is 0 Å². The van der Waals surface area contributed by atoms with E-state index in [-0.39, 0.29) is 18.1 Å². The molecular weight excluding hydrogens is 246 g/mol. The van der Waals surface area contributed by atoms with Crippen LogP contribution in [0.3, 0.4) is 0 Å². The molecule has 0 fully saturated rings. The van der Waals surface area contributed by atoms with E-state index in [1.807, 2.05) is 6.92 Å². The number of benzene rings is 1. The minimum atomic E-state index is -0.441. The second-order valence-electron chi connectivity index (χ2n) is 4.12. The zero-order chi connectivity index (χ0) is 14.4. The topological polar surface area (TPSA) is 69.4 Å². The monoisotopic (exact) mass is 263 g/mol. The molecule has 0 N–H and O–H groups in total. The number of para-hydroxylation sites is 1. The second kappa shape index (κ2) is 6.68. The molecule has 0 heterocycles. The summed E-state index contributed by atoms with van der Waals surface area (Å²) in [6.45, 7) is 5.14. The van der Waals surface area contributed by atoms with Gasteiger partial charge in [0.1, 0.15) is 12.4 Å². The van der Waals surface area contributed by atoms with Gasteiger partial charge in [0.05, 0.1) is 10.5 Å². The molecule has 0 radical (unpaired) electrons. The molecule has 1 aromatic rings. The van der Waals surface area contributed by atoms with Gasteiger partial charge < -0.3 is 4.74 Å². The smallest absolute Gasteiger partial charge is 0.276 e. The predicted octanol–water partition coefficient (Wildman–Crippen LogP) is 3.38. The number of carbonyl (C=O) groups is 1. The maximum Gasteiger partial charge on any atom is 0.276 e. The molecule has 0 amide bonds. The molecule has 0 atom stereocenters. The number of nitrogens with zero attached hydrogens (tertiary/aromatic N) is 1. The van der Waals surface area contributed by atoms with Gasteiger partial charge >= 0.3 is 0 Å². The van der Waals surface area contributed by atoms with Crippen molar-refractivity contribution in [2.24, 2.45) is 0 Å². The van der Waals surface area contributed by atoms with Crippen LogP contribution in [0.25, 0.3) is 0 Å². The first-order valence-electron chi connectivity index (χ1n) is 6.03. The van der Waals surface area contributed by atoms with E-state index >= 15 is 0 Å². The minimum absolute atomic E-state index is 0.0242. The average Bonchev–Trinajstić information content (AvgIpc) is 2.37. The Labute approximate surface area is 112 Å². The zero-order valence-electron chi connectivity index (χ0n) is 11.3. The lowest BCUT2D eigenvalue weighted by Gasteiger charge is -2.10.